The van der Waals surface area contributed by atoms with E-state index in [1.807, 2.05) is 12.1 Å². The zero-order valence-electron chi connectivity index (χ0n) is 26.7. The van der Waals surface area contributed by atoms with Gasteiger partial charge in [-0.15, -0.1) is 0 Å². The Balaban J connectivity index is 0.000000220. The minimum atomic E-state index is -3.68. The first kappa shape index (κ1) is 41.3. The summed E-state index contributed by atoms with van der Waals surface area (Å²) in [5, 5.41) is 5.11. The molecule has 3 aliphatic rings. The minimum absolute atomic E-state index is 0. The van der Waals surface area contributed by atoms with Crippen molar-refractivity contribution in [1.29, 1.82) is 0 Å². The van der Waals surface area contributed by atoms with Crippen molar-refractivity contribution in [2.45, 2.75) is 36.5 Å². The molecule has 266 valence electrons. The number of nitrogens with zero attached hydrogens (tertiary/aromatic N) is 4. The number of hydrogen-bond acceptors (Lipinski definition) is 11. The summed E-state index contributed by atoms with van der Waals surface area (Å²) in [5.74, 6) is -0.362. The van der Waals surface area contributed by atoms with E-state index in [4.69, 9.17) is 4.74 Å². The van der Waals surface area contributed by atoms with Gasteiger partial charge in [0.15, 0.2) is 0 Å². The maximum Gasteiger partial charge on any atom is 2.00 e. The second kappa shape index (κ2) is 20.0. The van der Waals surface area contributed by atoms with Crippen LogP contribution in [0, 0.1) is 0 Å². The van der Waals surface area contributed by atoms with E-state index in [2.05, 4.69) is 30.0 Å². The number of rotatable bonds is 2. The molecule has 0 atom stereocenters. The van der Waals surface area contributed by atoms with Gasteiger partial charge >= 0.3 is 20.4 Å². The monoisotopic (exact) mass is 814 g/mol. The second-order valence-corrected chi connectivity index (χ2v) is 13.0. The average Bonchev–Trinajstić information content (AvgIpc) is 3.78. The summed E-state index contributed by atoms with van der Waals surface area (Å²) in [6.07, 6.45) is 5.82. The molecule has 5 heterocycles. The first-order valence-electron chi connectivity index (χ1n) is 14.5. The van der Waals surface area contributed by atoms with Gasteiger partial charge in [-0.3, -0.25) is 9.59 Å². The van der Waals surface area contributed by atoms with Gasteiger partial charge in [0.05, 0.1) is 21.6 Å². The summed E-state index contributed by atoms with van der Waals surface area (Å²) in [6, 6.07) is 22.7. The minimum Gasteiger partial charge on any atom is -0.537 e. The van der Waals surface area contributed by atoms with Gasteiger partial charge in [0.2, 0.25) is 11.8 Å². The number of anilines is 2. The summed E-state index contributed by atoms with van der Waals surface area (Å²) in [7, 11) is -7.36. The van der Waals surface area contributed by atoms with E-state index in [1.54, 1.807) is 60.9 Å². The van der Waals surface area contributed by atoms with E-state index in [0.717, 1.165) is 13.2 Å². The van der Waals surface area contributed by atoms with Crippen molar-refractivity contribution in [3.63, 3.8) is 0 Å². The Morgan fingerprint density at radius 1 is 0.620 bits per heavy atom. The molecule has 7 rings (SSSR count). The Morgan fingerprint density at radius 3 is 1.26 bits per heavy atom. The number of carbonyl (C=O) groups is 4. The number of aromatic nitrogens is 2. The molecule has 2 aromatic heterocycles. The fraction of sp³-hybridized carbons (Fsp3) is 0.188. The second-order valence-electron chi connectivity index (χ2n) is 9.85. The van der Waals surface area contributed by atoms with Crippen molar-refractivity contribution in [3.05, 3.63) is 118 Å². The zero-order chi connectivity index (χ0) is 35.9. The molecule has 2 aromatic carbocycles. The molecular formula is C32H32N6O9PdS2. The number of nitrogens with one attached hydrogen (secondary N) is 2. The maximum atomic E-state index is 11.1. The summed E-state index contributed by atoms with van der Waals surface area (Å²) in [5.41, 5.74) is 0.329. The van der Waals surface area contributed by atoms with Crippen molar-refractivity contribution >= 4 is 55.3 Å². The number of pyridine rings is 2. The van der Waals surface area contributed by atoms with Crippen LogP contribution in [0.5, 0.6) is 0 Å². The molecule has 18 heteroatoms. The van der Waals surface area contributed by atoms with Gasteiger partial charge in [-0.1, -0.05) is 48.5 Å². The number of fused-ring (bicyclic) bond motifs is 2. The van der Waals surface area contributed by atoms with Crippen molar-refractivity contribution < 1.29 is 61.2 Å². The van der Waals surface area contributed by atoms with Crippen LogP contribution in [-0.4, -0.2) is 63.6 Å². The van der Waals surface area contributed by atoms with E-state index in [1.165, 1.54) is 51.0 Å². The fourth-order valence-electron chi connectivity index (χ4n) is 3.90. The topological polar surface area (TPSA) is 224 Å². The quantitative estimate of drug-likeness (QED) is 0.264. The Bertz CT molecular complexity index is 1830. The fourth-order valence-corrected chi connectivity index (χ4v) is 6.09. The first-order valence-corrected chi connectivity index (χ1v) is 17.4. The summed E-state index contributed by atoms with van der Waals surface area (Å²) in [4.78, 5) is 50.6. The number of carbonyl (C=O) groups excluding carboxylic acids is 4. The predicted octanol–water partition coefficient (Wildman–Crippen LogP) is 4.68. The predicted molar refractivity (Wildman–Crippen MR) is 180 cm³/mol. The van der Waals surface area contributed by atoms with Crippen LogP contribution < -0.4 is 10.6 Å². The SMILES string of the molecule is C1CCOC1.CC(=O)Nc1ccccn1.CC(=O)Nc1ccccn1.O=C1[N-]S(=O)(=O)c2ccccc21.O=C1[N-]S(=O)(=O)c2ccccc21.[Pd+2]. The maximum absolute atomic E-state index is 11.1. The van der Waals surface area contributed by atoms with Crippen LogP contribution in [-0.2, 0) is 54.8 Å². The molecule has 15 nitrogen and oxygen atoms in total. The van der Waals surface area contributed by atoms with Gasteiger partial charge in [0.1, 0.15) is 31.7 Å². The molecule has 2 N–H and O–H groups in total. The molecule has 0 aliphatic carbocycles. The number of ether oxygens (including phenoxy) is 1. The molecule has 0 unspecified atom stereocenters. The third-order valence-electron chi connectivity index (χ3n) is 5.96. The number of hydrogen-bond donors (Lipinski definition) is 2. The van der Waals surface area contributed by atoms with Crippen molar-refractivity contribution in [2.75, 3.05) is 23.8 Å². The van der Waals surface area contributed by atoms with Crippen LogP contribution in [0.1, 0.15) is 47.4 Å². The largest absolute Gasteiger partial charge is 2.00 e. The van der Waals surface area contributed by atoms with Gasteiger partial charge in [0, 0.05) is 50.6 Å². The molecule has 4 amide bonds. The van der Waals surface area contributed by atoms with E-state index >= 15 is 0 Å². The third-order valence-corrected chi connectivity index (χ3v) is 8.60. The smallest absolute Gasteiger partial charge is 0.537 e. The molecule has 1 saturated heterocycles. The van der Waals surface area contributed by atoms with Crippen LogP contribution in [0.25, 0.3) is 9.44 Å². The zero-order valence-corrected chi connectivity index (χ0v) is 29.8. The summed E-state index contributed by atoms with van der Waals surface area (Å²) >= 11 is 0. The molecule has 0 radical (unpaired) electrons. The van der Waals surface area contributed by atoms with Gasteiger partial charge in [-0.25, -0.2) is 26.8 Å². The molecule has 0 spiro atoms. The van der Waals surface area contributed by atoms with Crippen LogP contribution in [0.2, 0.25) is 0 Å². The van der Waals surface area contributed by atoms with Crippen molar-refractivity contribution in [2.24, 2.45) is 0 Å². The van der Waals surface area contributed by atoms with E-state index in [9.17, 15) is 36.0 Å². The van der Waals surface area contributed by atoms with Crippen LogP contribution >= 0.6 is 0 Å². The Hall–Kier alpha value is -4.86. The normalized spacial score (nSPS) is 14.8. The van der Waals surface area contributed by atoms with Crippen molar-refractivity contribution in [1.82, 2.24) is 9.97 Å². The van der Waals surface area contributed by atoms with Gasteiger partial charge in [0.25, 0.3) is 0 Å². The van der Waals surface area contributed by atoms with Crippen molar-refractivity contribution in [3.8, 4) is 0 Å². The molecule has 0 saturated carbocycles. The Kier molecular flexibility index (Phi) is 16.5. The first-order chi connectivity index (χ1) is 23.3. The Morgan fingerprint density at radius 2 is 0.980 bits per heavy atom. The van der Waals surface area contributed by atoms with E-state index in [-0.39, 0.29) is 53.2 Å². The molecule has 3 aliphatic heterocycles. The number of sulfonamides is 2. The molecule has 50 heavy (non-hydrogen) atoms. The molecular weight excluding hydrogens is 783 g/mol. The van der Waals surface area contributed by atoms with Crippen LogP contribution in [0.15, 0.2) is 107 Å². The van der Waals surface area contributed by atoms with Crippen LogP contribution in [0.3, 0.4) is 0 Å². The average molecular weight is 815 g/mol. The number of benzene rings is 2. The number of amides is 4. The molecule has 1 fully saturated rings. The molecule has 4 aromatic rings. The standard InChI is InChI=1S/2C7H8N2O.2C7H5NO3S.C4H8O.Pd/c2*1-6(10)9-7-4-2-3-5-8-7;2*9-7-5-3-1-2-4-6(5)12(10,11)8-7;1-2-4-5-3-1;/h2*2-5H,1H3,(H,8,9,10);2*1-4H,(H,8,9);1-4H2;/q;;;;;+2/p-2. The summed E-state index contributed by atoms with van der Waals surface area (Å²) < 4.78 is 55.3. The Labute approximate surface area is 303 Å². The van der Waals surface area contributed by atoms with Gasteiger partial charge in [-0.05, 0) is 49.2 Å². The van der Waals surface area contributed by atoms with Gasteiger partial charge < -0.3 is 34.4 Å². The van der Waals surface area contributed by atoms with Crippen LogP contribution in [0.4, 0.5) is 11.6 Å². The molecule has 0 bridgehead atoms. The summed E-state index contributed by atoms with van der Waals surface area (Å²) in [6.45, 7) is 4.91. The van der Waals surface area contributed by atoms with Gasteiger partial charge in [-0.2, -0.15) is 0 Å². The van der Waals surface area contributed by atoms with E-state index in [0.29, 0.717) is 11.6 Å². The third kappa shape index (κ3) is 13.2. The van der Waals surface area contributed by atoms with E-state index < -0.39 is 31.9 Å².